The van der Waals surface area contributed by atoms with Gasteiger partial charge in [-0.2, -0.15) is 0 Å². The van der Waals surface area contributed by atoms with Crippen molar-refractivity contribution in [3.63, 3.8) is 0 Å². The van der Waals surface area contributed by atoms with E-state index in [0.29, 0.717) is 12.0 Å². The Morgan fingerprint density at radius 1 is 1.35 bits per heavy atom. The fourth-order valence-electron chi connectivity index (χ4n) is 2.20. The molecule has 2 unspecified atom stereocenters. The molecule has 2 atom stereocenters. The Hall–Kier alpha value is -0.570. The lowest BCUT2D eigenvalue weighted by Gasteiger charge is -2.29. The Bertz CT molecular complexity index is 341. The van der Waals surface area contributed by atoms with Gasteiger partial charge in [-0.3, -0.25) is 0 Å². The molecule has 0 spiro atoms. The molecule has 0 saturated carbocycles. The lowest BCUT2D eigenvalue weighted by Crippen LogP contribution is -2.43. The van der Waals surface area contributed by atoms with E-state index in [9.17, 15) is 0 Å². The molecule has 3 heteroatoms. The number of ether oxygens (including phenoxy) is 1. The summed E-state index contributed by atoms with van der Waals surface area (Å²) in [5, 5.41) is 4.12. The maximum Gasteiger partial charge on any atom is 0.0750 e. The van der Waals surface area contributed by atoms with Crippen molar-refractivity contribution in [3.8, 4) is 0 Å². The summed E-state index contributed by atoms with van der Waals surface area (Å²) in [5.41, 5.74) is 1.24. The predicted molar refractivity (Wildman–Crippen MR) is 73.6 cm³/mol. The van der Waals surface area contributed by atoms with E-state index >= 15 is 0 Å². The summed E-state index contributed by atoms with van der Waals surface area (Å²) in [6, 6.07) is 8.30. The number of nitrogens with one attached hydrogen (secondary N) is 1. The first-order chi connectivity index (χ1) is 8.08. The van der Waals surface area contributed by atoms with Gasteiger partial charge in [-0.15, -0.1) is 0 Å². The minimum atomic E-state index is 0.207. The molecule has 0 amide bonds. The number of hydrogen-bond acceptors (Lipinski definition) is 2. The number of rotatable bonds is 6. The van der Waals surface area contributed by atoms with Crippen molar-refractivity contribution in [1.29, 1.82) is 0 Å². The second kappa shape index (κ2) is 7.00. The second-order valence-corrected chi connectivity index (χ2v) is 5.11. The van der Waals surface area contributed by atoms with Crippen LogP contribution in [0.25, 0.3) is 0 Å². The quantitative estimate of drug-likeness (QED) is 0.843. The fourth-order valence-corrected chi connectivity index (χ4v) is 2.41. The molecule has 96 valence electrons. The Balaban J connectivity index is 2.75. The highest BCUT2D eigenvalue weighted by molar-refractivity contribution is 6.30. The number of likely N-dealkylation sites (N-methyl/N-ethyl adjacent to an activating group) is 1. The third-order valence-electron chi connectivity index (χ3n) is 3.04. The zero-order valence-electron chi connectivity index (χ0n) is 11.0. The molecule has 1 rings (SSSR count). The Labute approximate surface area is 109 Å². The lowest BCUT2D eigenvalue weighted by atomic mass is 9.94. The van der Waals surface area contributed by atoms with Crippen molar-refractivity contribution in [1.82, 2.24) is 5.32 Å². The van der Waals surface area contributed by atoms with Crippen LogP contribution in [-0.2, 0) is 11.2 Å². The van der Waals surface area contributed by atoms with Gasteiger partial charge in [-0.1, -0.05) is 37.6 Å². The molecule has 0 aliphatic carbocycles. The lowest BCUT2D eigenvalue weighted by molar-refractivity contribution is 0.0354. The molecule has 0 heterocycles. The van der Waals surface area contributed by atoms with Crippen LogP contribution in [0.5, 0.6) is 0 Å². The number of benzene rings is 1. The van der Waals surface area contributed by atoms with Gasteiger partial charge in [0.25, 0.3) is 0 Å². The second-order valence-electron chi connectivity index (χ2n) is 4.67. The molecule has 2 nitrogen and oxygen atoms in total. The zero-order valence-corrected chi connectivity index (χ0v) is 11.8. The first kappa shape index (κ1) is 14.5. The monoisotopic (exact) mass is 255 g/mol. The van der Waals surface area contributed by atoms with Gasteiger partial charge in [0.05, 0.1) is 6.10 Å². The van der Waals surface area contributed by atoms with Crippen LogP contribution in [-0.4, -0.2) is 26.3 Å². The van der Waals surface area contributed by atoms with Gasteiger partial charge < -0.3 is 10.1 Å². The SMILES string of the molecule is CNC(Cc1cccc(Cl)c1)C(OC)C(C)C. The van der Waals surface area contributed by atoms with E-state index < -0.39 is 0 Å². The Morgan fingerprint density at radius 2 is 2.06 bits per heavy atom. The first-order valence-electron chi connectivity index (χ1n) is 6.03. The summed E-state index contributed by atoms with van der Waals surface area (Å²) < 4.78 is 5.57. The molecule has 1 N–H and O–H groups in total. The van der Waals surface area contributed by atoms with E-state index in [-0.39, 0.29) is 6.10 Å². The van der Waals surface area contributed by atoms with Crippen LogP contribution < -0.4 is 5.32 Å². The molecule has 0 radical (unpaired) electrons. The van der Waals surface area contributed by atoms with Crippen molar-refractivity contribution < 1.29 is 4.74 Å². The fraction of sp³-hybridized carbons (Fsp3) is 0.571. The Kier molecular flexibility index (Phi) is 5.96. The van der Waals surface area contributed by atoms with E-state index in [2.05, 4.69) is 25.2 Å². The molecule has 0 fully saturated rings. The molecule has 0 aliphatic rings. The zero-order chi connectivity index (χ0) is 12.8. The molecular weight excluding hydrogens is 234 g/mol. The topological polar surface area (TPSA) is 21.3 Å². The van der Waals surface area contributed by atoms with Crippen molar-refractivity contribution >= 4 is 11.6 Å². The van der Waals surface area contributed by atoms with Crippen LogP contribution in [0.1, 0.15) is 19.4 Å². The van der Waals surface area contributed by atoms with Gasteiger partial charge in [0.15, 0.2) is 0 Å². The van der Waals surface area contributed by atoms with E-state index in [1.807, 2.05) is 25.2 Å². The smallest absolute Gasteiger partial charge is 0.0750 e. The highest BCUT2D eigenvalue weighted by atomic mass is 35.5. The summed E-state index contributed by atoms with van der Waals surface area (Å²) in [7, 11) is 3.75. The molecule has 0 saturated heterocycles. The van der Waals surface area contributed by atoms with Crippen LogP contribution >= 0.6 is 11.6 Å². The molecule has 0 aromatic heterocycles. The van der Waals surface area contributed by atoms with Gasteiger partial charge >= 0.3 is 0 Å². The molecular formula is C14H22ClNO. The average molecular weight is 256 g/mol. The highest BCUT2D eigenvalue weighted by Gasteiger charge is 2.23. The van der Waals surface area contributed by atoms with Crippen LogP contribution in [0, 0.1) is 5.92 Å². The summed E-state index contributed by atoms with van der Waals surface area (Å²) in [6.45, 7) is 4.35. The van der Waals surface area contributed by atoms with Crippen molar-refractivity contribution in [2.75, 3.05) is 14.2 Å². The summed E-state index contributed by atoms with van der Waals surface area (Å²) in [5.74, 6) is 0.483. The third-order valence-corrected chi connectivity index (χ3v) is 3.28. The minimum Gasteiger partial charge on any atom is -0.380 e. The molecule has 0 bridgehead atoms. The van der Waals surface area contributed by atoms with Gasteiger partial charge in [-0.25, -0.2) is 0 Å². The third kappa shape index (κ3) is 4.30. The van der Waals surface area contributed by atoms with Crippen molar-refractivity contribution in [2.45, 2.75) is 32.4 Å². The van der Waals surface area contributed by atoms with Gasteiger partial charge in [0, 0.05) is 18.2 Å². The van der Waals surface area contributed by atoms with E-state index in [0.717, 1.165) is 11.4 Å². The molecule has 1 aromatic rings. The van der Waals surface area contributed by atoms with Crippen LogP contribution in [0.4, 0.5) is 0 Å². The van der Waals surface area contributed by atoms with Gasteiger partial charge in [0.1, 0.15) is 0 Å². The van der Waals surface area contributed by atoms with Crippen LogP contribution in [0.15, 0.2) is 24.3 Å². The summed E-state index contributed by atoms with van der Waals surface area (Å²) in [4.78, 5) is 0. The van der Waals surface area contributed by atoms with Crippen molar-refractivity contribution in [3.05, 3.63) is 34.9 Å². The maximum absolute atomic E-state index is 6.00. The minimum absolute atomic E-state index is 0.207. The first-order valence-corrected chi connectivity index (χ1v) is 6.40. The van der Waals surface area contributed by atoms with Crippen LogP contribution in [0.2, 0.25) is 5.02 Å². The molecule has 0 aliphatic heterocycles. The predicted octanol–water partition coefficient (Wildman–Crippen LogP) is 3.14. The van der Waals surface area contributed by atoms with E-state index in [1.54, 1.807) is 7.11 Å². The summed E-state index contributed by atoms with van der Waals surface area (Å²) in [6.07, 6.45) is 1.13. The van der Waals surface area contributed by atoms with Crippen molar-refractivity contribution in [2.24, 2.45) is 5.92 Å². The van der Waals surface area contributed by atoms with E-state index in [1.165, 1.54) is 5.56 Å². The standard InChI is InChI=1S/C14H22ClNO/c1-10(2)14(17-4)13(16-3)9-11-6-5-7-12(15)8-11/h5-8,10,13-14,16H,9H2,1-4H3. The highest BCUT2D eigenvalue weighted by Crippen LogP contribution is 2.17. The largest absolute Gasteiger partial charge is 0.380 e. The maximum atomic E-state index is 6.00. The summed E-state index contributed by atoms with van der Waals surface area (Å²) >= 11 is 6.00. The normalized spacial score (nSPS) is 14.9. The number of hydrogen-bond donors (Lipinski definition) is 1. The van der Waals surface area contributed by atoms with Crippen LogP contribution in [0.3, 0.4) is 0 Å². The average Bonchev–Trinajstić information content (AvgIpc) is 2.28. The Morgan fingerprint density at radius 3 is 2.53 bits per heavy atom. The van der Waals surface area contributed by atoms with Gasteiger partial charge in [-0.05, 0) is 37.1 Å². The number of halogens is 1. The molecule has 1 aromatic carbocycles. The molecule has 17 heavy (non-hydrogen) atoms. The van der Waals surface area contributed by atoms with Gasteiger partial charge in [0.2, 0.25) is 0 Å². The van der Waals surface area contributed by atoms with E-state index in [4.69, 9.17) is 16.3 Å². The number of methoxy groups -OCH3 is 1.